The third kappa shape index (κ3) is 2.47. The first-order valence-electron chi connectivity index (χ1n) is 8.20. The van der Waals surface area contributed by atoms with E-state index in [1.54, 1.807) is 18.3 Å². The highest BCUT2D eigenvalue weighted by molar-refractivity contribution is 7.90. The minimum atomic E-state index is -3.56. The van der Waals surface area contributed by atoms with Gasteiger partial charge in [-0.3, -0.25) is 0 Å². The maximum absolute atomic E-state index is 13.0. The zero-order valence-electron chi connectivity index (χ0n) is 13.5. The van der Waals surface area contributed by atoms with Gasteiger partial charge in [-0.25, -0.2) is 12.4 Å². The molecule has 2 aromatic rings. The van der Waals surface area contributed by atoms with Crippen LogP contribution in [0.25, 0.3) is 0 Å². The Labute approximate surface area is 137 Å². The number of hydrogen-bond donors (Lipinski definition) is 1. The lowest BCUT2D eigenvalue weighted by Crippen LogP contribution is -2.25. The molecule has 4 nitrogen and oxygen atoms in total. The van der Waals surface area contributed by atoms with Crippen molar-refractivity contribution in [3.63, 3.8) is 0 Å². The van der Waals surface area contributed by atoms with Crippen molar-refractivity contribution in [2.24, 2.45) is 5.92 Å². The topological polar surface area (TPSA) is 51.1 Å². The molecule has 0 bridgehead atoms. The van der Waals surface area contributed by atoms with Crippen LogP contribution >= 0.6 is 0 Å². The summed E-state index contributed by atoms with van der Waals surface area (Å²) in [7, 11) is -3.56. The van der Waals surface area contributed by atoms with Gasteiger partial charge in [0.15, 0.2) is 0 Å². The Morgan fingerprint density at radius 1 is 1.17 bits per heavy atom. The van der Waals surface area contributed by atoms with Gasteiger partial charge < -0.3 is 5.32 Å². The molecule has 1 unspecified atom stereocenters. The van der Waals surface area contributed by atoms with Crippen molar-refractivity contribution in [1.29, 1.82) is 0 Å². The van der Waals surface area contributed by atoms with Crippen LogP contribution in [0.1, 0.15) is 37.3 Å². The van der Waals surface area contributed by atoms with Crippen LogP contribution in [-0.2, 0) is 16.4 Å². The quantitative estimate of drug-likeness (QED) is 0.916. The Hall–Kier alpha value is -1.75. The predicted molar refractivity (Wildman–Crippen MR) is 91.3 cm³/mol. The van der Waals surface area contributed by atoms with Crippen molar-refractivity contribution < 1.29 is 8.42 Å². The van der Waals surface area contributed by atoms with Crippen LogP contribution in [0, 0.1) is 12.8 Å². The molecule has 0 saturated heterocycles. The van der Waals surface area contributed by atoms with E-state index in [4.69, 9.17) is 0 Å². The lowest BCUT2D eigenvalue weighted by molar-refractivity contribution is 0.482. The molecule has 1 N–H and O–H groups in total. The number of nitrogens with one attached hydrogen (secondary N) is 1. The summed E-state index contributed by atoms with van der Waals surface area (Å²) in [6, 6.07) is 9.00. The van der Waals surface area contributed by atoms with Crippen LogP contribution < -0.4 is 5.32 Å². The number of anilines is 1. The van der Waals surface area contributed by atoms with E-state index in [-0.39, 0.29) is 5.54 Å². The van der Waals surface area contributed by atoms with Crippen LogP contribution in [0.2, 0.25) is 0 Å². The monoisotopic (exact) mass is 330 g/mol. The fraction of sp³-hybridized carbons (Fsp3) is 0.444. The zero-order chi connectivity index (χ0) is 16.2. The van der Waals surface area contributed by atoms with Crippen molar-refractivity contribution in [3.8, 4) is 0 Å². The van der Waals surface area contributed by atoms with Crippen molar-refractivity contribution in [1.82, 2.24) is 3.97 Å². The van der Waals surface area contributed by atoms with Crippen LogP contribution in [0.5, 0.6) is 0 Å². The molecule has 1 aliphatic carbocycles. The second-order valence-corrected chi connectivity index (χ2v) is 9.04. The fourth-order valence-corrected chi connectivity index (χ4v) is 5.01. The summed E-state index contributed by atoms with van der Waals surface area (Å²) in [4.78, 5) is 0.338. The minimum Gasteiger partial charge on any atom is -0.365 e. The number of rotatable bonds is 2. The van der Waals surface area contributed by atoms with Gasteiger partial charge in [-0.05, 0) is 62.3 Å². The van der Waals surface area contributed by atoms with Gasteiger partial charge in [0.05, 0.1) is 4.90 Å². The Balaban J connectivity index is 1.80. The van der Waals surface area contributed by atoms with E-state index in [9.17, 15) is 8.42 Å². The third-order valence-electron chi connectivity index (χ3n) is 5.06. The molecule has 0 amide bonds. The van der Waals surface area contributed by atoms with Gasteiger partial charge in [-0.15, -0.1) is 0 Å². The van der Waals surface area contributed by atoms with Crippen LogP contribution in [0.3, 0.4) is 0 Å². The van der Waals surface area contributed by atoms with E-state index in [0.717, 1.165) is 42.6 Å². The largest absolute Gasteiger partial charge is 0.365 e. The standard InChI is InChI=1S/C18H22N2O2S/c1-13-3-5-16(6-4-13)23(21,22)20-10-7-15-11-14(2)12-18(8-9-18)19-17(15)20/h3-7,10,14,19H,8-9,11-12H2,1-2H3. The average molecular weight is 330 g/mol. The van der Waals surface area contributed by atoms with E-state index in [0.29, 0.717) is 10.8 Å². The molecule has 1 fully saturated rings. The molecule has 0 radical (unpaired) electrons. The molecule has 122 valence electrons. The molecule has 1 aliphatic heterocycles. The second kappa shape index (κ2) is 4.87. The molecule has 1 aromatic carbocycles. The van der Waals surface area contributed by atoms with Crippen molar-refractivity contribution in [2.45, 2.75) is 50.0 Å². The molecule has 1 aromatic heterocycles. The van der Waals surface area contributed by atoms with Crippen molar-refractivity contribution >= 4 is 15.8 Å². The average Bonchev–Trinajstić information content (AvgIpc) is 3.16. The summed E-state index contributed by atoms with van der Waals surface area (Å²) >= 11 is 0. The SMILES string of the molecule is Cc1ccc(S(=O)(=O)n2ccc3c2NC2(CC2)CC(C)C3)cc1. The van der Waals surface area contributed by atoms with Crippen molar-refractivity contribution in [2.75, 3.05) is 5.32 Å². The number of aryl methyl sites for hydroxylation is 1. The summed E-state index contributed by atoms with van der Waals surface area (Å²) in [5, 5.41) is 3.56. The highest BCUT2D eigenvalue weighted by atomic mass is 32.2. The van der Waals surface area contributed by atoms with Crippen molar-refractivity contribution in [3.05, 3.63) is 47.7 Å². The van der Waals surface area contributed by atoms with E-state index < -0.39 is 10.0 Å². The Morgan fingerprint density at radius 3 is 2.52 bits per heavy atom. The summed E-state index contributed by atoms with van der Waals surface area (Å²) in [6.45, 7) is 4.21. The van der Waals surface area contributed by atoms with Crippen LogP contribution in [0.15, 0.2) is 41.4 Å². The molecule has 2 aliphatic rings. The van der Waals surface area contributed by atoms with Gasteiger partial charge in [0.25, 0.3) is 10.0 Å². The van der Waals surface area contributed by atoms with E-state index in [1.165, 1.54) is 3.97 Å². The first kappa shape index (κ1) is 14.8. The van der Waals surface area contributed by atoms with E-state index in [1.807, 2.05) is 25.1 Å². The number of nitrogens with zero attached hydrogens (tertiary/aromatic N) is 1. The molecule has 23 heavy (non-hydrogen) atoms. The normalized spacial score (nSPS) is 22.3. The smallest absolute Gasteiger partial charge is 0.269 e. The predicted octanol–water partition coefficient (Wildman–Crippen LogP) is 3.56. The molecular weight excluding hydrogens is 308 g/mol. The summed E-state index contributed by atoms with van der Waals surface area (Å²) in [5.74, 6) is 1.34. The highest BCUT2D eigenvalue weighted by Gasteiger charge is 2.46. The molecular formula is C18H22N2O2S. The van der Waals surface area contributed by atoms with E-state index in [2.05, 4.69) is 12.2 Å². The maximum atomic E-state index is 13.0. The molecule has 5 heteroatoms. The van der Waals surface area contributed by atoms with Crippen LogP contribution in [-0.4, -0.2) is 17.9 Å². The highest BCUT2D eigenvalue weighted by Crippen LogP contribution is 2.48. The Kier molecular flexibility index (Phi) is 3.14. The second-order valence-electron chi connectivity index (χ2n) is 7.22. The number of hydrogen-bond acceptors (Lipinski definition) is 3. The molecule has 1 saturated carbocycles. The summed E-state index contributed by atoms with van der Waals surface area (Å²) < 4.78 is 27.5. The fourth-order valence-electron chi connectivity index (χ4n) is 3.67. The molecule has 4 rings (SSSR count). The Bertz CT molecular complexity index is 846. The summed E-state index contributed by atoms with van der Waals surface area (Å²) in [6.07, 6.45) is 6.01. The van der Waals surface area contributed by atoms with Gasteiger partial charge in [-0.2, -0.15) is 0 Å². The number of benzene rings is 1. The first-order valence-corrected chi connectivity index (χ1v) is 9.64. The molecule has 1 atom stereocenters. The van der Waals surface area contributed by atoms with Gasteiger partial charge >= 0.3 is 0 Å². The van der Waals surface area contributed by atoms with Gasteiger partial charge in [-0.1, -0.05) is 24.6 Å². The number of aromatic nitrogens is 1. The lowest BCUT2D eigenvalue weighted by Gasteiger charge is -2.20. The zero-order valence-corrected chi connectivity index (χ0v) is 14.4. The van der Waals surface area contributed by atoms with Gasteiger partial charge in [0.1, 0.15) is 5.82 Å². The first-order chi connectivity index (χ1) is 10.9. The van der Waals surface area contributed by atoms with Gasteiger partial charge in [0.2, 0.25) is 0 Å². The molecule has 1 spiro atoms. The minimum absolute atomic E-state index is 0.115. The van der Waals surface area contributed by atoms with Gasteiger partial charge in [0, 0.05) is 11.7 Å². The Morgan fingerprint density at radius 2 is 1.87 bits per heavy atom. The lowest BCUT2D eigenvalue weighted by atomic mass is 9.96. The van der Waals surface area contributed by atoms with Crippen LogP contribution in [0.4, 0.5) is 5.82 Å². The third-order valence-corrected chi connectivity index (χ3v) is 6.75. The van der Waals surface area contributed by atoms with E-state index >= 15 is 0 Å². The maximum Gasteiger partial charge on any atom is 0.269 e. The summed E-state index contributed by atoms with van der Waals surface area (Å²) in [5.41, 5.74) is 2.28. The number of fused-ring (bicyclic) bond motifs is 1. The molecule has 2 heterocycles.